The average Bonchev–Trinajstić information content (AvgIpc) is 2.61. The van der Waals surface area contributed by atoms with Crippen molar-refractivity contribution in [1.29, 1.82) is 0 Å². The zero-order valence-electron chi connectivity index (χ0n) is 7.80. The lowest BCUT2D eigenvalue weighted by Gasteiger charge is -2.18. The van der Waals surface area contributed by atoms with Crippen LogP contribution >= 0.6 is 0 Å². The van der Waals surface area contributed by atoms with Crippen molar-refractivity contribution in [3.63, 3.8) is 0 Å². The third-order valence-electron chi connectivity index (χ3n) is 2.97. The molecule has 2 aliphatic heterocycles. The van der Waals surface area contributed by atoms with Crippen LogP contribution in [-0.2, 0) is 24.3 Å². The van der Waals surface area contributed by atoms with Crippen LogP contribution in [0.3, 0.4) is 0 Å². The van der Waals surface area contributed by atoms with Crippen molar-refractivity contribution < 1.29 is 9.53 Å². The van der Waals surface area contributed by atoms with E-state index in [-0.39, 0.29) is 5.97 Å². The Morgan fingerprint density at radius 3 is 3.14 bits per heavy atom. The maximum Gasteiger partial charge on any atom is 0.338 e. The normalized spacial score (nSPS) is 18.7. The van der Waals surface area contributed by atoms with Crippen LogP contribution in [0.1, 0.15) is 27.0 Å². The van der Waals surface area contributed by atoms with Crippen molar-refractivity contribution in [2.24, 2.45) is 0 Å². The first-order valence-corrected chi connectivity index (χ1v) is 4.88. The lowest BCUT2D eigenvalue weighted by atomic mass is 9.93. The number of fused-ring (bicyclic) bond motifs is 3. The lowest BCUT2D eigenvalue weighted by molar-refractivity contribution is 0.0534. The molecule has 3 rings (SSSR count). The highest BCUT2D eigenvalue weighted by atomic mass is 16.5. The van der Waals surface area contributed by atoms with Crippen LogP contribution in [0.2, 0.25) is 0 Å². The largest absolute Gasteiger partial charge is 0.457 e. The van der Waals surface area contributed by atoms with Gasteiger partial charge in [0, 0.05) is 12.1 Å². The molecule has 0 unspecified atom stereocenters. The molecule has 0 saturated carbocycles. The Morgan fingerprint density at radius 1 is 1.29 bits per heavy atom. The molecule has 14 heavy (non-hydrogen) atoms. The first kappa shape index (κ1) is 8.00. The predicted octanol–water partition coefficient (Wildman–Crippen LogP) is 1.00. The molecule has 0 aliphatic carbocycles. The van der Waals surface area contributed by atoms with E-state index in [1.807, 2.05) is 6.07 Å². The highest BCUT2D eigenvalue weighted by Gasteiger charge is 2.26. The zero-order valence-corrected chi connectivity index (χ0v) is 7.80. The monoisotopic (exact) mass is 189 g/mol. The molecule has 1 aromatic rings. The summed E-state index contributed by atoms with van der Waals surface area (Å²) in [4.78, 5) is 11.3. The zero-order chi connectivity index (χ0) is 9.54. The summed E-state index contributed by atoms with van der Waals surface area (Å²) >= 11 is 0. The van der Waals surface area contributed by atoms with Gasteiger partial charge in [-0.3, -0.25) is 0 Å². The van der Waals surface area contributed by atoms with E-state index in [1.165, 1.54) is 11.1 Å². The molecule has 1 aromatic carbocycles. The van der Waals surface area contributed by atoms with Crippen molar-refractivity contribution in [3.8, 4) is 0 Å². The fourth-order valence-corrected chi connectivity index (χ4v) is 2.20. The van der Waals surface area contributed by atoms with E-state index in [4.69, 9.17) is 4.74 Å². The summed E-state index contributed by atoms with van der Waals surface area (Å²) in [6.07, 6.45) is 1.05. The molecule has 3 nitrogen and oxygen atoms in total. The Bertz CT molecular complexity index is 412. The fourth-order valence-electron chi connectivity index (χ4n) is 2.20. The minimum Gasteiger partial charge on any atom is -0.457 e. The maximum absolute atomic E-state index is 11.3. The summed E-state index contributed by atoms with van der Waals surface area (Å²) < 4.78 is 5.02. The van der Waals surface area contributed by atoms with Crippen LogP contribution in [0.5, 0.6) is 0 Å². The van der Waals surface area contributed by atoms with Gasteiger partial charge in [-0.15, -0.1) is 0 Å². The number of esters is 1. The number of carbonyl (C=O) groups is 1. The number of hydrogen-bond donors (Lipinski definition) is 1. The summed E-state index contributed by atoms with van der Waals surface area (Å²) in [7, 11) is 0. The smallest absolute Gasteiger partial charge is 0.338 e. The number of benzene rings is 1. The maximum atomic E-state index is 11.3. The minimum absolute atomic E-state index is 0.173. The van der Waals surface area contributed by atoms with E-state index in [9.17, 15) is 4.79 Å². The van der Waals surface area contributed by atoms with Gasteiger partial charge in [0.25, 0.3) is 0 Å². The van der Waals surface area contributed by atoms with Gasteiger partial charge in [0.2, 0.25) is 0 Å². The first-order chi connectivity index (χ1) is 6.86. The van der Waals surface area contributed by atoms with Crippen molar-refractivity contribution >= 4 is 5.97 Å². The molecule has 0 spiro atoms. The Labute approximate surface area is 82.1 Å². The molecule has 0 bridgehead atoms. The first-order valence-electron chi connectivity index (χ1n) is 4.88. The number of carbonyl (C=O) groups excluding carboxylic acids is 1. The van der Waals surface area contributed by atoms with E-state index in [0.29, 0.717) is 6.61 Å². The third kappa shape index (κ3) is 0.990. The Morgan fingerprint density at radius 2 is 2.21 bits per heavy atom. The van der Waals surface area contributed by atoms with Crippen LogP contribution in [0.4, 0.5) is 0 Å². The van der Waals surface area contributed by atoms with Gasteiger partial charge in [-0.05, 0) is 30.2 Å². The number of ether oxygens (including phenoxy) is 1. The van der Waals surface area contributed by atoms with Crippen LogP contribution in [0.25, 0.3) is 0 Å². The van der Waals surface area contributed by atoms with E-state index < -0.39 is 0 Å². The van der Waals surface area contributed by atoms with E-state index in [1.54, 1.807) is 0 Å². The van der Waals surface area contributed by atoms with Crippen molar-refractivity contribution in [2.75, 3.05) is 6.54 Å². The Balaban J connectivity index is 2.20. The molecule has 2 heterocycles. The molecule has 2 aliphatic rings. The number of rotatable bonds is 0. The molecule has 0 radical (unpaired) electrons. The van der Waals surface area contributed by atoms with Crippen LogP contribution in [0, 0.1) is 0 Å². The SMILES string of the molecule is O=C1OCc2c1ccc1c2CNCC1. The lowest BCUT2D eigenvalue weighted by Crippen LogP contribution is -2.24. The van der Waals surface area contributed by atoms with Gasteiger partial charge < -0.3 is 10.1 Å². The van der Waals surface area contributed by atoms with Gasteiger partial charge in [0.15, 0.2) is 0 Å². The molecule has 1 N–H and O–H groups in total. The van der Waals surface area contributed by atoms with Gasteiger partial charge in [0.05, 0.1) is 5.56 Å². The van der Waals surface area contributed by atoms with Gasteiger partial charge in [-0.2, -0.15) is 0 Å². The second-order valence-electron chi connectivity index (χ2n) is 3.73. The second-order valence-corrected chi connectivity index (χ2v) is 3.73. The average molecular weight is 189 g/mol. The molecule has 0 atom stereocenters. The van der Waals surface area contributed by atoms with Crippen molar-refractivity contribution in [3.05, 3.63) is 34.4 Å². The molecule has 3 heteroatoms. The Hall–Kier alpha value is -1.35. The van der Waals surface area contributed by atoms with E-state index >= 15 is 0 Å². The van der Waals surface area contributed by atoms with Crippen molar-refractivity contribution in [2.45, 2.75) is 19.6 Å². The van der Waals surface area contributed by atoms with Gasteiger partial charge >= 0.3 is 5.97 Å². The summed E-state index contributed by atoms with van der Waals surface area (Å²) in [6.45, 7) is 2.36. The minimum atomic E-state index is -0.173. The second kappa shape index (κ2) is 2.82. The Kier molecular flexibility index (Phi) is 1.61. The van der Waals surface area contributed by atoms with Gasteiger partial charge in [-0.1, -0.05) is 6.07 Å². The molecular formula is C11H11NO2. The van der Waals surface area contributed by atoms with Crippen LogP contribution < -0.4 is 5.32 Å². The van der Waals surface area contributed by atoms with E-state index in [2.05, 4.69) is 11.4 Å². The predicted molar refractivity (Wildman–Crippen MR) is 51.0 cm³/mol. The standard InChI is InChI=1S/C11H11NO2/c13-11-8-2-1-7-3-4-12-5-9(7)10(8)6-14-11/h1-2,12H,3-6H2. The third-order valence-corrected chi connectivity index (χ3v) is 2.97. The van der Waals surface area contributed by atoms with Crippen molar-refractivity contribution in [1.82, 2.24) is 5.32 Å². The van der Waals surface area contributed by atoms with Gasteiger partial charge in [-0.25, -0.2) is 4.79 Å². The van der Waals surface area contributed by atoms with Crippen LogP contribution in [0.15, 0.2) is 12.1 Å². The summed E-state index contributed by atoms with van der Waals surface area (Å²) in [6, 6.07) is 3.95. The number of nitrogens with one attached hydrogen (secondary N) is 1. The summed E-state index contributed by atoms with van der Waals surface area (Å²) in [5.41, 5.74) is 4.49. The highest BCUT2D eigenvalue weighted by Crippen LogP contribution is 2.27. The fraction of sp³-hybridized carbons (Fsp3) is 0.364. The molecule has 0 aromatic heterocycles. The summed E-state index contributed by atoms with van der Waals surface area (Å²) in [5.74, 6) is -0.173. The summed E-state index contributed by atoms with van der Waals surface area (Å²) in [5, 5.41) is 3.32. The number of hydrogen-bond acceptors (Lipinski definition) is 3. The molecular weight excluding hydrogens is 178 g/mol. The van der Waals surface area contributed by atoms with Gasteiger partial charge in [0.1, 0.15) is 6.61 Å². The molecule has 72 valence electrons. The number of cyclic esters (lactones) is 1. The molecule has 0 amide bonds. The molecule has 0 fully saturated rings. The highest BCUT2D eigenvalue weighted by molar-refractivity contribution is 5.94. The van der Waals surface area contributed by atoms with Crippen LogP contribution in [-0.4, -0.2) is 12.5 Å². The topological polar surface area (TPSA) is 38.3 Å². The quantitative estimate of drug-likeness (QED) is 0.619. The molecule has 0 saturated heterocycles. The van der Waals surface area contributed by atoms with E-state index in [0.717, 1.165) is 30.6 Å².